The molecule has 20 heavy (non-hydrogen) atoms. The van der Waals surface area contributed by atoms with Gasteiger partial charge < -0.3 is 9.47 Å². The fourth-order valence-electron chi connectivity index (χ4n) is 1.97. The number of fused-ring (bicyclic) bond motifs is 1. The van der Waals surface area contributed by atoms with Crippen molar-refractivity contribution in [2.24, 2.45) is 0 Å². The van der Waals surface area contributed by atoms with Crippen molar-refractivity contribution in [2.45, 2.75) is 6.61 Å². The van der Waals surface area contributed by atoms with E-state index >= 15 is 0 Å². The van der Waals surface area contributed by atoms with Crippen LogP contribution in [0.25, 0.3) is 10.1 Å². The Hall–Kier alpha value is -1.52. The zero-order chi connectivity index (χ0) is 13.9. The summed E-state index contributed by atoms with van der Waals surface area (Å²) in [5.41, 5.74) is 1.16. The molecule has 0 radical (unpaired) electrons. The quantitative estimate of drug-likeness (QED) is 0.640. The second-order valence-corrected chi connectivity index (χ2v) is 6.15. The molecule has 0 atom stereocenters. The van der Waals surface area contributed by atoms with E-state index in [9.17, 15) is 0 Å². The number of hydrogen-bond acceptors (Lipinski definition) is 3. The van der Waals surface area contributed by atoms with E-state index in [2.05, 4.69) is 34.1 Å². The van der Waals surface area contributed by atoms with E-state index < -0.39 is 0 Å². The van der Waals surface area contributed by atoms with Crippen LogP contribution in [-0.2, 0) is 6.61 Å². The molecule has 0 spiro atoms. The fraction of sp³-hybridized carbons (Fsp3) is 0.125. The Balaban J connectivity index is 1.86. The molecule has 3 aromatic rings. The van der Waals surface area contributed by atoms with Crippen molar-refractivity contribution in [3.05, 3.63) is 58.6 Å². The predicted molar refractivity (Wildman–Crippen MR) is 86.9 cm³/mol. The number of rotatable bonds is 4. The van der Waals surface area contributed by atoms with Gasteiger partial charge in [0.15, 0.2) is 5.06 Å². The van der Waals surface area contributed by atoms with Crippen LogP contribution in [0.1, 0.15) is 5.56 Å². The van der Waals surface area contributed by atoms with Crippen molar-refractivity contribution in [3.8, 4) is 10.8 Å². The minimum absolute atomic E-state index is 0.573. The highest BCUT2D eigenvalue weighted by molar-refractivity contribution is 9.10. The smallest absolute Gasteiger partial charge is 0.189 e. The molecule has 0 bridgehead atoms. The van der Waals surface area contributed by atoms with Gasteiger partial charge in [0, 0.05) is 10.1 Å². The van der Waals surface area contributed by atoms with Crippen LogP contribution in [0.3, 0.4) is 0 Å². The van der Waals surface area contributed by atoms with Crippen LogP contribution < -0.4 is 9.47 Å². The molecule has 0 saturated heterocycles. The first-order valence-electron chi connectivity index (χ1n) is 6.20. The summed E-state index contributed by atoms with van der Waals surface area (Å²) >= 11 is 5.26. The SMILES string of the molecule is COc1ccc2sc(OCc3ccccc3)c(Br)c2c1. The van der Waals surface area contributed by atoms with Crippen LogP contribution in [0.5, 0.6) is 10.8 Å². The minimum Gasteiger partial charge on any atom is -0.497 e. The van der Waals surface area contributed by atoms with Crippen molar-refractivity contribution in [2.75, 3.05) is 7.11 Å². The molecule has 4 heteroatoms. The fourth-order valence-corrected chi connectivity index (χ4v) is 3.71. The second kappa shape index (κ2) is 5.85. The lowest BCUT2D eigenvalue weighted by molar-refractivity contribution is 0.314. The molecule has 0 aliphatic heterocycles. The Labute approximate surface area is 130 Å². The first kappa shape index (κ1) is 13.5. The summed E-state index contributed by atoms with van der Waals surface area (Å²) in [6.07, 6.45) is 0. The van der Waals surface area contributed by atoms with E-state index in [-0.39, 0.29) is 0 Å². The lowest BCUT2D eigenvalue weighted by Gasteiger charge is -2.04. The third-order valence-electron chi connectivity index (χ3n) is 3.02. The molecule has 102 valence electrons. The Morgan fingerprint density at radius 3 is 2.65 bits per heavy atom. The maximum atomic E-state index is 5.91. The molecule has 0 saturated carbocycles. The van der Waals surface area contributed by atoms with Gasteiger partial charge in [0.2, 0.25) is 0 Å². The Morgan fingerprint density at radius 1 is 1.10 bits per heavy atom. The van der Waals surface area contributed by atoms with Crippen LogP contribution >= 0.6 is 27.3 Å². The predicted octanol–water partition coefficient (Wildman–Crippen LogP) is 5.25. The van der Waals surface area contributed by atoms with Crippen LogP contribution in [0.15, 0.2) is 53.0 Å². The number of methoxy groups -OCH3 is 1. The van der Waals surface area contributed by atoms with Gasteiger partial charge >= 0.3 is 0 Å². The van der Waals surface area contributed by atoms with Crippen molar-refractivity contribution in [3.63, 3.8) is 0 Å². The standard InChI is InChI=1S/C16H13BrO2S/c1-18-12-7-8-14-13(9-12)15(17)16(20-14)19-10-11-5-3-2-4-6-11/h2-9H,10H2,1H3. The van der Waals surface area contributed by atoms with Gasteiger partial charge in [-0.15, -0.1) is 0 Å². The van der Waals surface area contributed by atoms with Gasteiger partial charge in [0.1, 0.15) is 12.4 Å². The molecular formula is C16H13BrO2S. The molecule has 0 N–H and O–H groups in total. The van der Waals surface area contributed by atoms with Crippen molar-refractivity contribution in [1.82, 2.24) is 0 Å². The molecule has 0 unspecified atom stereocenters. The third-order valence-corrected chi connectivity index (χ3v) is 5.15. The molecule has 0 aliphatic carbocycles. The number of halogens is 1. The lowest BCUT2D eigenvalue weighted by atomic mass is 10.2. The zero-order valence-electron chi connectivity index (χ0n) is 10.9. The van der Waals surface area contributed by atoms with Gasteiger partial charge in [0.25, 0.3) is 0 Å². The van der Waals surface area contributed by atoms with E-state index in [1.165, 1.54) is 4.70 Å². The molecule has 0 amide bonds. The summed E-state index contributed by atoms with van der Waals surface area (Å²) < 4.78 is 13.3. The highest BCUT2D eigenvalue weighted by Gasteiger charge is 2.12. The van der Waals surface area contributed by atoms with Gasteiger partial charge in [-0.05, 0) is 39.7 Å². The molecular weight excluding hydrogens is 336 g/mol. The Bertz CT molecular complexity index is 722. The summed E-state index contributed by atoms with van der Waals surface area (Å²) in [6.45, 7) is 0.573. The monoisotopic (exact) mass is 348 g/mol. The third kappa shape index (κ3) is 2.67. The van der Waals surface area contributed by atoms with Crippen LogP contribution in [0, 0.1) is 0 Å². The zero-order valence-corrected chi connectivity index (χ0v) is 13.3. The molecule has 1 heterocycles. The van der Waals surface area contributed by atoms with Crippen LogP contribution in [-0.4, -0.2) is 7.11 Å². The molecule has 3 rings (SSSR count). The first-order chi connectivity index (χ1) is 9.78. The van der Waals surface area contributed by atoms with E-state index in [1.807, 2.05) is 30.3 Å². The molecule has 0 fully saturated rings. The van der Waals surface area contributed by atoms with Gasteiger partial charge in [-0.2, -0.15) is 0 Å². The highest BCUT2D eigenvalue weighted by atomic mass is 79.9. The lowest BCUT2D eigenvalue weighted by Crippen LogP contribution is -1.93. The number of thiophene rings is 1. The average molecular weight is 349 g/mol. The second-order valence-electron chi connectivity index (χ2n) is 4.34. The Kier molecular flexibility index (Phi) is 3.94. The van der Waals surface area contributed by atoms with Gasteiger partial charge in [-0.3, -0.25) is 0 Å². The summed E-state index contributed by atoms with van der Waals surface area (Å²) in [4.78, 5) is 0. The van der Waals surface area contributed by atoms with Crippen molar-refractivity contribution < 1.29 is 9.47 Å². The van der Waals surface area contributed by atoms with E-state index in [0.717, 1.165) is 26.2 Å². The van der Waals surface area contributed by atoms with Crippen molar-refractivity contribution >= 4 is 37.4 Å². The Morgan fingerprint density at radius 2 is 1.90 bits per heavy atom. The first-order valence-corrected chi connectivity index (χ1v) is 7.81. The van der Waals surface area contributed by atoms with Gasteiger partial charge in [0.05, 0.1) is 11.6 Å². The largest absolute Gasteiger partial charge is 0.497 e. The summed E-state index contributed by atoms with van der Waals surface area (Å²) in [6, 6.07) is 16.2. The number of benzene rings is 2. The van der Waals surface area contributed by atoms with Gasteiger partial charge in [-0.1, -0.05) is 41.7 Å². The van der Waals surface area contributed by atoms with Crippen molar-refractivity contribution in [1.29, 1.82) is 0 Å². The summed E-state index contributed by atoms with van der Waals surface area (Å²) in [5, 5.41) is 2.02. The van der Waals surface area contributed by atoms with Crippen LogP contribution in [0.4, 0.5) is 0 Å². The van der Waals surface area contributed by atoms with Crippen LogP contribution in [0.2, 0.25) is 0 Å². The highest BCUT2D eigenvalue weighted by Crippen LogP contribution is 2.43. The molecule has 1 aromatic heterocycles. The summed E-state index contributed by atoms with van der Waals surface area (Å²) in [5.74, 6) is 0.852. The average Bonchev–Trinajstić information content (AvgIpc) is 2.82. The topological polar surface area (TPSA) is 18.5 Å². The number of hydrogen-bond donors (Lipinski definition) is 0. The molecule has 2 nitrogen and oxygen atoms in total. The normalized spacial score (nSPS) is 10.7. The summed E-state index contributed by atoms with van der Waals surface area (Å²) in [7, 11) is 1.67. The minimum atomic E-state index is 0.573. The van der Waals surface area contributed by atoms with E-state index in [1.54, 1.807) is 18.4 Å². The molecule has 0 aliphatic rings. The maximum Gasteiger partial charge on any atom is 0.189 e. The maximum absolute atomic E-state index is 5.91. The van der Waals surface area contributed by atoms with E-state index in [4.69, 9.17) is 9.47 Å². The van der Waals surface area contributed by atoms with Gasteiger partial charge in [-0.25, -0.2) is 0 Å². The number of ether oxygens (including phenoxy) is 2. The van der Waals surface area contributed by atoms with E-state index in [0.29, 0.717) is 6.61 Å². The molecule has 2 aromatic carbocycles.